The van der Waals surface area contributed by atoms with Gasteiger partial charge in [-0.1, -0.05) is 41.9 Å². The first-order chi connectivity index (χ1) is 12.1. The van der Waals surface area contributed by atoms with Crippen LogP contribution >= 0.6 is 15.9 Å². The van der Waals surface area contributed by atoms with Crippen LogP contribution in [0.25, 0.3) is 0 Å². The molecule has 1 aromatic carbocycles. The van der Waals surface area contributed by atoms with Crippen molar-refractivity contribution in [2.45, 2.75) is 57.0 Å². The van der Waals surface area contributed by atoms with Crippen LogP contribution in [0.15, 0.2) is 28.7 Å². The summed E-state index contributed by atoms with van der Waals surface area (Å²) in [5.74, 6) is -0.731. The molecule has 1 fully saturated rings. The van der Waals surface area contributed by atoms with Crippen LogP contribution in [0.2, 0.25) is 0 Å². The molecule has 1 saturated carbocycles. The minimum atomic E-state index is -4.67. The van der Waals surface area contributed by atoms with Gasteiger partial charge in [0.05, 0.1) is 6.07 Å². The number of carbonyl (C=O) groups is 1. The third kappa shape index (κ3) is 5.45. The lowest BCUT2D eigenvalue weighted by molar-refractivity contribution is -0.236. The highest BCUT2D eigenvalue weighted by atomic mass is 79.9. The summed E-state index contributed by atoms with van der Waals surface area (Å²) in [6, 6.07) is 7.60. The largest absolute Gasteiger partial charge is 0.418 e. The molecule has 1 aliphatic carbocycles. The number of nitrogens with one attached hydrogen (secondary N) is 1. The number of carbonyl (C=O) groups excluding carboxylic acids is 1. The van der Waals surface area contributed by atoms with Crippen LogP contribution in [-0.2, 0) is 9.53 Å². The van der Waals surface area contributed by atoms with Crippen molar-refractivity contribution in [2.24, 2.45) is 5.92 Å². The van der Waals surface area contributed by atoms with Gasteiger partial charge in [-0.25, -0.2) is 0 Å². The van der Waals surface area contributed by atoms with Crippen molar-refractivity contribution in [1.82, 2.24) is 5.32 Å². The van der Waals surface area contributed by atoms with Crippen molar-refractivity contribution in [2.75, 3.05) is 0 Å². The molecule has 2 rings (SSSR count). The predicted octanol–water partition coefficient (Wildman–Crippen LogP) is 4.66. The fourth-order valence-corrected chi connectivity index (χ4v) is 2.77. The molecule has 8 heteroatoms. The second kappa shape index (κ2) is 7.97. The van der Waals surface area contributed by atoms with E-state index in [2.05, 4.69) is 21.2 Å². The molecule has 0 saturated heterocycles. The lowest BCUT2D eigenvalue weighted by atomic mass is 10.0. The Bertz CT molecular complexity index is 679. The van der Waals surface area contributed by atoms with E-state index in [-0.39, 0.29) is 17.9 Å². The first-order valence-electron chi connectivity index (χ1n) is 8.27. The molecule has 0 heterocycles. The Morgan fingerprint density at radius 2 is 1.92 bits per heavy atom. The number of halogens is 4. The zero-order chi connectivity index (χ0) is 19.5. The zero-order valence-electron chi connectivity index (χ0n) is 14.4. The number of nitrogens with zero attached hydrogens (tertiary/aromatic N) is 1. The van der Waals surface area contributed by atoms with E-state index < -0.39 is 29.8 Å². The molecular weight excluding hydrogens is 413 g/mol. The van der Waals surface area contributed by atoms with Crippen molar-refractivity contribution in [3.05, 3.63) is 34.3 Å². The second-order valence-corrected chi connectivity index (χ2v) is 7.83. The molecule has 142 valence electrons. The summed E-state index contributed by atoms with van der Waals surface area (Å²) in [6.07, 6.45) is -7.07. The number of ether oxygens (including phenoxy) is 1. The summed E-state index contributed by atoms with van der Waals surface area (Å²) in [5.41, 5.74) is -1.04. The van der Waals surface area contributed by atoms with E-state index in [4.69, 9.17) is 10.00 Å². The van der Waals surface area contributed by atoms with Gasteiger partial charge >= 0.3 is 6.18 Å². The maximum atomic E-state index is 13.6. The van der Waals surface area contributed by atoms with Crippen molar-refractivity contribution in [3.63, 3.8) is 0 Å². The van der Waals surface area contributed by atoms with Gasteiger partial charge in [0.15, 0.2) is 6.10 Å². The average molecular weight is 433 g/mol. The topological polar surface area (TPSA) is 62.1 Å². The molecule has 4 nitrogen and oxygen atoms in total. The predicted molar refractivity (Wildman–Crippen MR) is 93.0 cm³/mol. The summed E-state index contributed by atoms with van der Waals surface area (Å²) < 4.78 is 46.6. The lowest BCUT2D eigenvalue weighted by Crippen LogP contribution is -2.45. The first kappa shape index (κ1) is 20.7. The van der Waals surface area contributed by atoms with E-state index in [1.165, 1.54) is 24.3 Å². The Balaban J connectivity index is 2.23. The summed E-state index contributed by atoms with van der Waals surface area (Å²) in [6.45, 7) is 3.59. The molecule has 0 aliphatic heterocycles. The van der Waals surface area contributed by atoms with Gasteiger partial charge in [0.2, 0.25) is 5.91 Å². The van der Waals surface area contributed by atoms with E-state index in [9.17, 15) is 18.0 Å². The monoisotopic (exact) mass is 432 g/mol. The highest BCUT2D eigenvalue weighted by Gasteiger charge is 2.48. The van der Waals surface area contributed by atoms with Gasteiger partial charge in [-0.3, -0.25) is 4.79 Å². The van der Waals surface area contributed by atoms with Gasteiger partial charge in [-0.05, 0) is 42.9 Å². The van der Waals surface area contributed by atoms with E-state index >= 15 is 0 Å². The standard InChI is InChI=1S/C18H20BrF3N2O2/c1-11(2)9-14(16(25)24-17(10-23)7-8-17)26-15(18(20,21)22)12-3-5-13(19)6-4-12/h3-6,11,14-15H,7-9H2,1-2H3,(H,24,25). The first-order valence-corrected chi connectivity index (χ1v) is 9.06. The maximum absolute atomic E-state index is 13.6. The Kier molecular flexibility index (Phi) is 6.35. The smallest absolute Gasteiger partial charge is 0.351 e. The van der Waals surface area contributed by atoms with Gasteiger partial charge < -0.3 is 10.1 Å². The van der Waals surface area contributed by atoms with E-state index in [1.54, 1.807) is 13.8 Å². The molecule has 2 atom stereocenters. The number of hydrogen-bond acceptors (Lipinski definition) is 3. The molecule has 0 aromatic heterocycles. The van der Waals surface area contributed by atoms with E-state index in [0.29, 0.717) is 17.3 Å². The minimum absolute atomic E-state index is 0.0539. The van der Waals surface area contributed by atoms with Gasteiger partial charge in [0.1, 0.15) is 11.6 Å². The molecule has 1 aromatic rings. The van der Waals surface area contributed by atoms with Crippen LogP contribution in [-0.4, -0.2) is 23.7 Å². The third-order valence-corrected chi connectivity index (χ3v) is 4.60. The Morgan fingerprint density at radius 3 is 2.35 bits per heavy atom. The van der Waals surface area contributed by atoms with Gasteiger partial charge in [0.25, 0.3) is 0 Å². The summed E-state index contributed by atoms with van der Waals surface area (Å²) in [4.78, 5) is 12.5. The molecule has 1 N–H and O–H groups in total. The Hall–Kier alpha value is -1.59. The summed E-state index contributed by atoms with van der Waals surface area (Å²) in [5, 5.41) is 11.6. The average Bonchev–Trinajstić information content (AvgIpc) is 3.31. The van der Waals surface area contributed by atoms with Crippen LogP contribution in [0.5, 0.6) is 0 Å². The maximum Gasteiger partial charge on any atom is 0.418 e. The number of nitriles is 1. The van der Waals surface area contributed by atoms with Crippen molar-refractivity contribution < 1.29 is 22.7 Å². The molecule has 0 radical (unpaired) electrons. The quantitative estimate of drug-likeness (QED) is 0.681. The molecule has 0 bridgehead atoms. The fourth-order valence-electron chi connectivity index (χ4n) is 2.51. The van der Waals surface area contributed by atoms with Crippen molar-refractivity contribution in [3.8, 4) is 6.07 Å². The Labute approximate surface area is 158 Å². The number of amides is 1. The van der Waals surface area contributed by atoms with Crippen LogP contribution in [0.4, 0.5) is 13.2 Å². The second-order valence-electron chi connectivity index (χ2n) is 6.91. The molecular formula is C18H20BrF3N2O2. The van der Waals surface area contributed by atoms with E-state index in [0.717, 1.165) is 0 Å². The normalized spacial score (nSPS) is 18.1. The highest BCUT2D eigenvalue weighted by Crippen LogP contribution is 2.39. The lowest BCUT2D eigenvalue weighted by Gasteiger charge is -2.28. The van der Waals surface area contributed by atoms with Crippen LogP contribution < -0.4 is 5.32 Å². The number of hydrogen-bond donors (Lipinski definition) is 1. The van der Waals surface area contributed by atoms with Crippen LogP contribution in [0.3, 0.4) is 0 Å². The number of benzene rings is 1. The van der Waals surface area contributed by atoms with Crippen molar-refractivity contribution in [1.29, 1.82) is 5.26 Å². The molecule has 1 amide bonds. The van der Waals surface area contributed by atoms with Crippen LogP contribution in [0.1, 0.15) is 44.8 Å². The summed E-state index contributed by atoms with van der Waals surface area (Å²) in [7, 11) is 0. The van der Waals surface area contributed by atoms with Gasteiger partial charge in [-0.2, -0.15) is 18.4 Å². The number of rotatable bonds is 7. The summed E-state index contributed by atoms with van der Waals surface area (Å²) >= 11 is 3.18. The minimum Gasteiger partial charge on any atom is -0.351 e. The number of alkyl halides is 3. The van der Waals surface area contributed by atoms with Crippen molar-refractivity contribution >= 4 is 21.8 Å². The Morgan fingerprint density at radius 1 is 1.35 bits per heavy atom. The van der Waals surface area contributed by atoms with Gasteiger partial charge in [-0.15, -0.1) is 0 Å². The SMILES string of the molecule is CC(C)CC(OC(c1ccc(Br)cc1)C(F)(F)F)C(=O)NC1(C#N)CC1. The molecule has 1 aliphatic rings. The highest BCUT2D eigenvalue weighted by molar-refractivity contribution is 9.10. The molecule has 2 unspecified atom stereocenters. The molecule has 26 heavy (non-hydrogen) atoms. The fraction of sp³-hybridized carbons (Fsp3) is 0.556. The van der Waals surface area contributed by atoms with Gasteiger partial charge in [0, 0.05) is 4.47 Å². The van der Waals surface area contributed by atoms with Crippen LogP contribution in [0, 0.1) is 17.2 Å². The van der Waals surface area contributed by atoms with E-state index in [1.807, 2.05) is 6.07 Å². The zero-order valence-corrected chi connectivity index (χ0v) is 16.0. The third-order valence-electron chi connectivity index (χ3n) is 4.07. The molecule has 0 spiro atoms.